The van der Waals surface area contributed by atoms with Crippen LogP contribution in [0.15, 0.2) is 25.3 Å². The Morgan fingerprint density at radius 3 is 1.78 bits per heavy atom. The molecule has 9 heavy (non-hydrogen) atoms. The van der Waals surface area contributed by atoms with Gasteiger partial charge in [0.05, 0.1) is 0 Å². The molecule has 0 fully saturated rings. The lowest BCUT2D eigenvalue weighted by Crippen LogP contribution is -1.52. The fourth-order valence-corrected chi connectivity index (χ4v) is 0.474. The standard InChI is InChI=1S/C3H6S2.C3H6S/c1-2-3-5-4;1-2-3-4/h2,4H,1,3H2;2,4H,1,3H2. The minimum Gasteiger partial charge on any atom is -0.175 e. The molecule has 0 aliphatic rings. The van der Waals surface area contributed by atoms with Gasteiger partial charge >= 0.3 is 0 Å². The first-order valence-electron chi connectivity index (χ1n) is 2.42. The summed E-state index contributed by atoms with van der Waals surface area (Å²) in [5.74, 6) is 1.71. The lowest BCUT2D eigenvalue weighted by Gasteiger charge is -1.72. The molecule has 0 atom stereocenters. The second-order valence-corrected chi connectivity index (χ2v) is 2.79. The molecule has 0 saturated carbocycles. The molecule has 0 aromatic heterocycles. The number of rotatable bonds is 3. The quantitative estimate of drug-likeness (QED) is 0.382. The summed E-state index contributed by atoms with van der Waals surface area (Å²) < 4.78 is 0. The SMILES string of the molecule is C=CCS.C=CCSS. The van der Waals surface area contributed by atoms with E-state index in [-0.39, 0.29) is 0 Å². The Morgan fingerprint density at radius 2 is 1.78 bits per heavy atom. The van der Waals surface area contributed by atoms with Crippen LogP contribution in [0.3, 0.4) is 0 Å². The predicted octanol–water partition coefficient (Wildman–Crippen LogP) is 2.85. The summed E-state index contributed by atoms with van der Waals surface area (Å²) in [6.07, 6.45) is 3.56. The molecule has 0 aromatic carbocycles. The molecule has 3 heteroatoms. The van der Waals surface area contributed by atoms with Gasteiger partial charge in [-0.25, -0.2) is 0 Å². The summed E-state index contributed by atoms with van der Waals surface area (Å²) in [6, 6.07) is 0. The van der Waals surface area contributed by atoms with Crippen LogP contribution in [0.25, 0.3) is 0 Å². The van der Waals surface area contributed by atoms with Crippen LogP contribution in [0.1, 0.15) is 0 Å². The highest BCUT2D eigenvalue weighted by molar-refractivity contribution is 8.68. The third-order valence-electron chi connectivity index (χ3n) is 0.321. The van der Waals surface area contributed by atoms with Gasteiger partial charge in [0, 0.05) is 11.5 Å². The monoisotopic (exact) mass is 180 g/mol. The van der Waals surface area contributed by atoms with E-state index in [1.54, 1.807) is 6.08 Å². The smallest absolute Gasteiger partial charge is 0.0212 e. The van der Waals surface area contributed by atoms with Gasteiger partial charge in [-0.2, -0.15) is 12.6 Å². The topological polar surface area (TPSA) is 0 Å². The zero-order valence-electron chi connectivity index (χ0n) is 5.29. The fraction of sp³-hybridized carbons (Fsp3) is 0.333. The number of thiol groups is 2. The minimum atomic E-state index is 0.778. The number of hydrogen-bond donors (Lipinski definition) is 2. The van der Waals surface area contributed by atoms with E-state index >= 15 is 0 Å². The normalized spacial score (nSPS) is 6.89. The van der Waals surface area contributed by atoms with Crippen molar-refractivity contribution in [1.82, 2.24) is 0 Å². The Bertz CT molecular complexity index is 61.3. The summed E-state index contributed by atoms with van der Waals surface area (Å²) in [7, 11) is 1.48. The maximum Gasteiger partial charge on any atom is 0.0212 e. The molecule has 0 heterocycles. The van der Waals surface area contributed by atoms with E-state index < -0.39 is 0 Å². The largest absolute Gasteiger partial charge is 0.175 e. The Kier molecular flexibility index (Phi) is 21.5. The highest BCUT2D eigenvalue weighted by Crippen LogP contribution is 2.01. The molecule has 0 aliphatic heterocycles. The highest BCUT2D eigenvalue weighted by atomic mass is 33.1. The van der Waals surface area contributed by atoms with Crippen LogP contribution in [0.2, 0.25) is 0 Å². The molecular weight excluding hydrogens is 168 g/mol. The molecule has 0 radical (unpaired) electrons. The summed E-state index contributed by atoms with van der Waals surface area (Å²) >= 11 is 7.65. The van der Waals surface area contributed by atoms with Crippen molar-refractivity contribution in [2.45, 2.75) is 0 Å². The molecule has 0 amide bonds. The third kappa shape index (κ3) is 29.2. The van der Waals surface area contributed by atoms with Crippen molar-refractivity contribution in [3.05, 3.63) is 25.3 Å². The lowest BCUT2D eigenvalue weighted by molar-refractivity contribution is 1.84. The maximum absolute atomic E-state index is 3.85. The molecule has 0 saturated heterocycles. The Morgan fingerprint density at radius 1 is 1.33 bits per heavy atom. The predicted molar refractivity (Wildman–Crippen MR) is 55.7 cm³/mol. The van der Waals surface area contributed by atoms with Crippen molar-refractivity contribution in [3.8, 4) is 0 Å². The molecule has 0 spiro atoms. The van der Waals surface area contributed by atoms with Crippen molar-refractivity contribution in [3.63, 3.8) is 0 Å². The van der Waals surface area contributed by atoms with Crippen molar-refractivity contribution in [2.24, 2.45) is 0 Å². The molecule has 0 bridgehead atoms. The Hall–Kier alpha value is 0.530. The fourth-order valence-electron chi connectivity index (χ4n) is 0.0527. The van der Waals surface area contributed by atoms with Crippen LogP contribution in [0.5, 0.6) is 0 Å². The highest BCUT2D eigenvalue weighted by Gasteiger charge is 1.62. The van der Waals surface area contributed by atoms with Gasteiger partial charge in [0.2, 0.25) is 0 Å². The Labute approximate surface area is 72.0 Å². The maximum atomic E-state index is 3.85. The average molecular weight is 180 g/mol. The van der Waals surface area contributed by atoms with E-state index in [0.717, 1.165) is 11.5 Å². The lowest BCUT2D eigenvalue weighted by atomic mass is 10.8. The van der Waals surface area contributed by atoms with Gasteiger partial charge in [-0.3, -0.25) is 0 Å². The molecule has 0 rings (SSSR count). The van der Waals surface area contributed by atoms with E-state index in [9.17, 15) is 0 Å². The first-order chi connectivity index (χ1) is 4.33. The van der Waals surface area contributed by atoms with Gasteiger partial charge in [0.15, 0.2) is 0 Å². The summed E-state index contributed by atoms with van der Waals surface area (Å²) in [6.45, 7) is 6.88. The average Bonchev–Trinajstić information content (AvgIpc) is 1.91. The van der Waals surface area contributed by atoms with E-state index in [0.29, 0.717) is 0 Å². The van der Waals surface area contributed by atoms with Crippen LogP contribution in [-0.2, 0) is 0 Å². The van der Waals surface area contributed by atoms with Crippen molar-refractivity contribution in [2.75, 3.05) is 11.5 Å². The first-order valence-corrected chi connectivity index (χ1v) is 5.09. The van der Waals surface area contributed by atoms with Gasteiger partial charge in [-0.15, -0.1) is 24.8 Å². The zero-order chi connectivity index (χ0) is 7.54. The van der Waals surface area contributed by atoms with Gasteiger partial charge in [0.25, 0.3) is 0 Å². The van der Waals surface area contributed by atoms with Crippen LogP contribution in [-0.4, -0.2) is 11.5 Å². The van der Waals surface area contributed by atoms with Crippen LogP contribution < -0.4 is 0 Å². The van der Waals surface area contributed by atoms with Crippen LogP contribution >= 0.6 is 35.1 Å². The molecule has 54 valence electrons. The minimum absolute atomic E-state index is 0.778. The van der Waals surface area contributed by atoms with Gasteiger partial charge in [-0.05, 0) is 0 Å². The first kappa shape index (κ1) is 12.2. The van der Waals surface area contributed by atoms with Gasteiger partial charge in [0.1, 0.15) is 0 Å². The van der Waals surface area contributed by atoms with Crippen molar-refractivity contribution < 1.29 is 0 Å². The molecule has 0 N–H and O–H groups in total. The van der Waals surface area contributed by atoms with E-state index in [1.807, 2.05) is 6.08 Å². The molecule has 0 aliphatic carbocycles. The molecule has 0 aromatic rings. The van der Waals surface area contributed by atoms with Crippen LogP contribution in [0.4, 0.5) is 0 Å². The summed E-state index contributed by atoms with van der Waals surface area (Å²) in [5.41, 5.74) is 0. The van der Waals surface area contributed by atoms with Crippen molar-refractivity contribution >= 4 is 35.1 Å². The van der Waals surface area contributed by atoms with Gasteiger partial charge in [-0.1, -0.05) is 22.9 Å². The summed E-state index contributed by atoms with van der Waals surface area (Å²) in [5, 5.41) is 0. The van der Waals surface area contributed by atoms with Gasteiger partial charge < -0.3 is 0 Å². The van der Waals surface area contributed by atoms with Crippen LogP contribution in [0, 0.1) is 0 Å². The molecule has 0 nitrogen and oxygen atoms in total. The second kappa shape index (κ2) is 15.8. The molecule has 0 unspecified atom stereocenters. The van der Waals surface area contributed by atoms with E-state index in [4.69, 9.17) is 0 Å². The Balaban J connectivity index is 0. The van der Waals surface area contributed by atoms with Crippen molar-refractivity contribution in [1.29, 1.82) is 0 Å². The zero-order valence-corrected chi connectivity index (χ0v) is 7.89. The molecular formula is C6H12S3. The third-order valence-corrected chi connectivity index (χ3v) is 1.41. The summed E-state index contributed by atoms with van der Waals surface area (Å²) in [4.78, 5) is 0. The second-order valence-electron chi connectivity index (χ2n) is 1.06. The van der Waals surface area contributed by atoms with E-state index in [2.05, 4.69) is 37.4 Å². The van der Waals surface area contributed by atoms with E-state index in [1.165, 1.54) is 10.8 Å². The number of hydrogen-bond acceptors (Lipinski definition) is 3.